The average molecular weight is 493 g/mol. The second-order valence-electron chi connectivity index (χ2n) is 9.30. The first kappa shape index (κ1) is 24.9. The Morgan fingerprint density at radius 1 is 1.06 bits per heavy atom. The molecule has 1 aromatic heterocycles. The van der Waals surface area contributed by atoms with Crippen molar-refractivity contribution < 1.29 is 9.59 Å². The molecule has 4 rings (SSSR count). The third-order valence-electron chi connectivity index (χ3n) is 6.48. The lowest BCUT2D eigenvalue weighted by molar-refractivity contribution is -0.134. The summed E-state index contributed by atoms with van der Waals surface area (Å²) < 4.78 is 2.21. The molecule has 3 aromatic rings. The molecule has 1 unspecified atom stereocenters. The lowest BCUT2D eigenvalue weighted by Gasteiger charge is -2.38. The number of hydrogen-bond acceptors (Lipinski definition) is 2. The summed E-state index contributed by atoms with van der Waals surface area (Å²) in [6.07, 6.45) is 2.82. The van der Waals surface area contributed by atoms with Crippen LogP contribution >= 0.6 is 11.6 Å². The molecule has 35 heavy (non-hydrogen) atoms. The molecule has 0 saturated carbocycles. The van der Waals surface area contributed by atoms with Gasteiger partial charge in [0.15, 0.2) is 0 Å². The van der Waals surface area contributed by atoms with Crippen LogP contribution in [0.4, 0.5) is 10.5 Å². The molecule has 0 fully saturated rings. The van der Waals surface area contributed by atoms with Crippen molar-refractivity contribution in [3.63, 3.8) is 0 Å². The summed E-state index contributed by atoms with van der Waals surface area (Å²) in [4.78, 5) is 30.2. The number of carbonyl (C=O) groups excluding carboxylic acids is 2. The summed E-state index contributed by atoms with van der Waals surface area (Å²) in [6.45, 7) is 8.19. The number of anilines is 1. The molecule has 3 amide bonds. The largest absolute Gasteiger partial charge is 0.348 e. The number of aromatic nitrogens is 1. The van der Waals surface area contributed by atoms with Gasteiger partial charge < -0.3 is 19.7 Å². The van der Waals surface area contributed by atoms with Gasteiger partial charge in [-0.2, -0.15) is 0 Å². The molecule has 2 heterocycles. The van der Waals surface area contributed by atoms with E-state index in [4.69, 9.17) is 11.6 Å². The highest BCUT2D eigenvalue weighted by Crippen LogP contribution is 2.33. The van der Waals surface area contributed by atoms with Crippen LogP contribution in [0.5, 0.6) is 0 Å². The summed E-state index contributed by atoms with van der Waals surface area (Å²) in [7, 11) is 0. The summed E-state index contributed by atoms with van der Waals surface area (Å²) >= 11 is 5.96. The number of halogens is 1. The highest BCUT2D eigenvalue weighted by Gasteiger charge is 2.33. The van der Waals surface area contributed by atoms with Gasteiger partial charge in [0.1, 0.15) is 6.54 Å². The molecule has 6 nitrogen and oxygen atoms in total. The molecule has 1 aliphatic heterocycles. The van der Waals surface area contributed by atoms with Gasteiger partial charge in [0.05, 0.1) is 6.04 Å². The summed E-state index contributed by atoms with van der Waals surface area (Å²) in [6, 6.07) is 19.1. The highest BCUT2D eigenvalue weighted by molar-refractivity contribution is 6.30. The molecule has 184 valence electrons. The number of carbonyl (C=O) groups is 2. The van der Waals surface area contributed by atoms with Gasteiger partial charge in [-0.15, -0.1) is 0 Å². The van der Waals surface area contributed by atoms with Gasteiger partial charge in [-0.1, -0.05) is 56.6 Å². The normalized spacial score (nSPS) is 15.1. The Kier molecular flexibility index (Phi) is 7.81. The first-order valence-corrected chi connectivity index (χ1v) is 12.6. The highest BCUT2D eigenvalue weighted by atomic mass is 35.5. The maximum Gasteiger partial charge on any atom is 0.322 e. The van der Waals surface area contributed by atoms with Crippen LogP contribution in [0.15, 0.2) is 66.9 Å². The molecule has 1 N–H and O–H groups in total. The van der Waals surface area contributed by atoms with E-state index >= 15 is 0 Å². The topological polar surface area (TPSA) is 57.6 Å². The van der Waals surface area contributed by atoms with Crippen molar-refractivity contribution in [2.45, 2.75) is 45.7 Å². The van der Waals surface area contributed by atoms with Crippen LogP contribution in [-0.2, 0) is 11.3 Å². The van der Waals surface area contributed by atoms with Crippen LogP contribution in [0, 0.1) is 0 Å². The molecular weight excluding hydrogens is 460 g/mol. The monoisotopic (exact) mass is 492 g/mol. The molecular formula is C28H33ClN4O2. The fraction of sp³-hybridized carbons (Fsp3) is 0.357. The summed E-state index contributed by atoms with van der Waals surface area (Å²) in [5, 5.41) is 3.49. The molecule has 1 aliphatic rings. The number of hydrogen-bond donors (Lipinski definition) is 1. The Bertz CT molecular complexity index is 1150. The molecule has 0 spiro atoms. The Morgan fingerprint density at radius 3 is 2.43 bits per heavy atom. The van der Waals surface area contributed by atoms with Crippen LogP contribution in [0.25, 0.3) is 0 Å². The lowest BCUT2D eigenvalue weighted by Crippen LogP contribution is -2.48. The van der Waals surface area contributed by atoms with Gasteiger partial charge in [0, 0.05) is 42.2 Å². The Balaban J connectivity index is 1.55. The molecule has 0 radical (unpaired) electrons. The smallest absolute Gasteiger partial charge is 0.322 e. The Labute approximate surface area is 212 Å². The van der Waals surface area contributed by atoms with Crippen LogP contribution in [0.2, 0.25) is 5.02 Å². The zero-order chi connectivity index (χ0) is 24.9. The number of urea groups is 1. The SMILES string of the molecule is CCCN(CC(=O)N1CCn2cccc2C1c1ccc(C(C)C)cc1)C(=O)Nc1ccc(Cl)cc1. The van der Waals surface area contributed by atoms with E-state index in [1.165, 1.54) is 5.56 Å². The molecule has 0 bridgehead atoms. The predicted octanol–water partition coefficient (Wildman–Crippen LogP) is 6.14. The number of rotatable bonds is 7. The van der Waals surface area contributed by atoms with Gasteiger partial charge in [0.2, 0.25) is 5.91 Å². The average Bonchev–Trinajstić information content (AvgIpc) is 3.33. The van der Waals surface area contributed by atoms with Crippen molar-refractivity contribution in [2.75, 3.05) is 25.0 Å². The first-order chi connectivity index (χ1) is 16.9. The molecule has 2 aromatic carbocycles. The quantitative estimate of drug-likeness (QED) is 0.430. The van der Waals surface area contributed by atoms with Crippen LogP contribution in [0.1, 0.15) is 56.0 Å². The minimum atomic E-state index is -0.291. The molecule has 1 atom stereocenters. The van der Waals surface area contributed by atoms with E-state index in [1.54, 1.807) is 29.2 Å². The standard InChI is InChI=1S/C28H33ClN4O2/c1-4-15-32(28(35)30-24-13-11-23(29)12-14-24)19-26(34)33-18-17-31-16-5-6-25(31)27(33)22-9-7-21(8-10-22)20(2)3/h5-14,16,20,27H,4,15,17-19H2,1-3H3,(H,30,35). The van der Waals surface area contributed by atoms with Crippen molar-refractivity contribution in [2.24, 2.45) is 0 Å². The van der Waals surface area contributed by atoms with Gasteiger partial charge in [-0.05, 0) is 59.9 Å². The van der Waals surface area contributed by atoms with E-state index in [9.17, 15) is 9.59 Å². The van der Waals surface area contributed by atoms with Gasteiger partial charge in [-0.3, -0.25) is 4.79 Å². The fourth-order valence-corrected chi connectivity index (χ4v) is 4.70. The van der Waals surface area contributed by atoms with E-state index < -0.39 is 0 Å². The summed E-state index contributed by atoms with van der Waals surface area (Å²) in [5.74, 6) is 0.383. The minimum absolute atomic E-state index is 0.0224. The van der Waals surface area contributed by atoms with Crippen molar-refractivity contribution in [1.82, 2.24) is 14.4 Å². The van der Waals surface area contributed by atoms with E-state index in [-0.39, 0.29) is 24.5 Å². The maximum absolute atomic E-state index is 13.7. The van der Waals surface area contributed by atoms with E-state index in [0.29, 0.717) is 29.7 Å². The summed E-state index contributed by atoms with van der Waals surface area (Å²) in [5.41, 5.74) is 4.09. The zero-order valence-electron chi connectivity index (χ0n) is 20.6. The molecule has 0 aliphatic carbocycles. The Morgan fingerprint density at radius 2 is 1.77 bits per heavy atom. The third kappa shape index (κ3) is 5.70. The van der Waals surface area contributed by atoms with E-state index in [1.807, 2.05) is 17.9 Å². The van der Waals surface area contributed by atoms with Crippen molar-refractivity contribution in [1.29, 1.82) is 0 Å². The molecule has 7 heteroatoms. The van der Waals surface area contributed by atoms with Gasteiger partial charge in [0.25, 0.3) is 0 Å². The molecule has 0 saturated heterocycles. The van der Waals surface area contributed by atoms with Crippen LogP contribution < -0.4 is 5.32 Å². The minimum Gasteiger partial charge on any atom is -0.348 e. The van der Waals surface area contributed by atoms with Crippen molar-refractivity contribution >= 4 is 29.2 Å². The van der Waals surface area contributed by atoms with E-state index in [0.717, 1.165) is 24.2 Å². The maximum atomic E-state index is 13.7. The van der Waals surface area contributed by atoms with Crippen LogP contribution in [-0.4, -0.2) is 45.9 Å². The van der Waals surface area contributed by atoms with Crippen LogP contribution in [0.3, 0.4) is 0 Å². The van der Waals surface area contributed by atoms with Gasteiger partial charge in [-0.25, -0.2) is 4.79 Å². The van der Waals surface area contributed by atoms with Gasteiger partial charge >= 0.3 is 6.03 Å². The first-order valence-electron chi connectivity index (χ1n) is 12.2. The number of nitrogens with zero attached hydrogens (tertiary/aromatic N) is 3. The van der Waals surface area contributed by atoms with Crippen molar-refractivity contribution in [3.8, 4) is 0 Å². The zero-order valence-corrected chi connectivity index (χ0v) is 21.3. The Hall–Kier alpha value is -3.25. The number of benzene rings is 2. The fourth-order valence-electron chi connectivity index (χ4n) is 4.58. The van der Waals surface area contributed by atoms with Crippen molar-refractivity contribution in [3.05, 3.63) is 88.7 Å². The number of nitrogens with one attached hydrogen (secondary N) is 1. The number of amides is 3. The second-order valence-corrected chi connectivity index (χ2v) is 9.73. The number of fused-ring (bicyclic) bond motifs is 1. The van der Waals surface area contributed by atoms with E-state index in [2.05, 4.69) is 60.3 Å². The third-order valence-corrected chi connectivity index (χ3v) is 6.73. The predicted molar refractivity (Wildman–Crippen MR) is 141 cm³/mol. The second kappa shape index (κ2) is 11.0. The lowest BCUT2D eigenvalue weighted by atomic mass is 9.95.